The topological polar surface area (TPSA) is 6.48 Å². The fraction of sp³-hybridized carbons (Fsp3) is 1.00. The first-order valence-corrected chi connectivity index (χ1v) is 30.1. The molecule has 12 fully saturated rings. The van der Waals surface area contributed by atoms with Gasteiger partial charge in [-0.3, -0.25) is 9.80 Å². The van der Waals surface area contributed by atoms with Gasteiger partial charge in [-0.2, -0.15) is 0 Å². The third kappa shape index (κ3) is 7.27. The zero-order valence-corrected chi connectivity index (χ0v) is 42.6. The standard InChI is InChI=1S/C61H102N2/c1-59(2)52-24-14-12-22-46(52)48-31-27-41(35-54(48)59)62(42-28-32-49-47-23-13-15-25-53(47)60(3,4)55(49)36-42)43-29-33-50-51-34-30-44(38-57(51)61(5,6)56(50)37-43)63(40-19-8-7-9-20-40)58-26-16-18-39-17-10-11-21-45(39)58/h39-58H,7-38H2,1-6H3. The number of fused-ring (bicyclic) bond motifs is 10. The average molecular weight is 864 g/mol. The smallest absolute Gasteiger partial charge is 0.0132 e. The van der Waals surface area contributed by atoms with Crippen molar-refractivity contribution in [3.8, 4) is 0 Å². The largest absolute Gasteiger partial charge is 0.294 e. The van der Waals surface area contributed by atoms with Crippen molar-refractivity contribution < 1.29 is 0 Å². The first-order valence-electron chi connectivity index (χ1n) is 30.1. The average Bonchev–Trinajstić information content (AvgIpc) is 3.78. The summed E-state index contributed by atoms with van der Waals surface area (Å²) in [6.07, 6.45) is 49.4. The summed E-state index contributed by atoms with van der Waals surface area (Å²) in [4.78, 5) is 6.92. The lowest BCUT2D eigenvalue weighted by Gasteiger charge is -2.54. The fourth-order valence-electron chi connectivity index (χ4n) is 23.6. The molecule has 12 saturated carbocycles. The zero-order chi connectivity index (χ0) is 42.8. The van der Waals surface area contributed by atoms with Gasteiger partial charge in [0, 0.05) is 36.3 Å². The van der Waals surface area contributed by atoms with Crippen molar-refractivity contribution in [3.63, 3.8) is 0 Å². The maximum atomic E-state index is 3.51. The quantitative estimate of drug-likeness (QED) is 0.262. The Kier molecular flexibility index (Phi) is 12.0. The molecule has 12 aliphatic rings. The highest BCUT2D eigenvalue weighted by Crippen LogP contribution is 2.68. The van der Waals surface area contributed by atoms with Crippen LogP contribution in [0.15, 0.2) is 0 Å². The maximum absolute atomic E-state index is 3.51. The minimum atomic E-state index is 0.498. The van der Waals surface area contributed by atoms with E-state index in [2.05, 4.69) is 51.3 Å². The number of rotatable bonds is 6. The second-order valence-corrected chi connectivity index (χ2v) is 28.9. The molecule has 19 unspecified atom stereocenters. The Morgan fingerprint density at radius 1 is 0.254 bits per heavy atom. The van der Waals surface area contributed by atoms with Crippen LogP contribution in [-0.2, 0) is 0 Å². The van der Waals surface area contributed by atoms with Crippen LogP contribution in [0.25, 0.3) is 0 Å². The van der Waals surface area contributed by atoms with Crippen LogP contribution >= 0.6 is 0 Å². The molecule has 2 heteroatoms. The summed E-state index contributed by atoms with van der Waals surface area (Å²) in [6, 6.07) is 5.29. The van der Waals surface area contributed by atoms with Gasteiger partial charge in [-0.25, -0.2) is 0 Å². The van der Waals surface area contributed by atoms with Gasteiger partial charge in [0.05, 0.1) is 0 Å². The molecule has 0 aromatic carbocycles. The van der Waals surface area contributed by atoms with E-state index in [4.69, 9.17) is 0 Å². The third-order valence-corrected chi connectivity index (χ3v) is 26.1. The summed E-state index contributed by atoms with van der Waals surface area (Å²) in [5.74, 6) is 14.3. The monoisotopic (exact) mass is 863 g/mol. The first kappa shape index (κ1) is 44.1. The minimum absolute atomic E-state index is 0.498. The summed E-state index contributed by atoms with van der Waals surface area (Å²) < 4.78 is 0. The molecule has 0 saturated heterocycles. The van der Waals surface area contributed by atoms with Gasteiger partial charge in [0.2, 0.25) is 0 Å². The summed E-state index contributed by atoms with van der Waals surface area (Å²) in [5.41, 5.74) is 1.61. The molecule has 0 aromatic heterocycles. The van der Waals surface area contributed by atoms with Crippen molar-refractivity contribution >= 4 is 0 Å². The number of hydrogen-bond donors (Lipinski definition) is 0. The van der Waals surface area contributed by atoms with Crippen LogP contribution in [0.4, 0.5) is 0 Å². The van der Waals surface area contributed by atoms with Gasteiger partial charge >= 0.3 is 0 Å². The van der Waals surface area contributed by atoms with Crippen molar-refractivity contribution in [2.24, 2.45) is 99.1 Å². The van der Waals surface area contributed by atoms with E-state index in [1.807, 2.05) is 0 Å². The van der Waals surface area contributed by atoms with E-state index in [9.17, 15) is 0 Å². The fourth-order valence-corrected chi connectivity index (χ4v) is 23.6. The predicted octanol–water partition coefficient (Wildman–Crippen LogP) is 16.2. The van der Waals surface area contributed by atoms with Crippen LogP contribution in [0.1, 0.15) is 247 Å². The molecular formula is C61H102N2. The molecule has 19 atom stereocenters. The highest BCUT2D eigenvalue weighted by Gasteiger charge is 2.63. The second-order valence-electron chi connectivity index (χ2n) is 28.9. The van der Waals surface area contributed by atoms with Gasteiger partial charge in [0.1, 0.15) is 0 Å². The first-order chi connectivity index (χ1) is 30.5. The number of nitrogens with zero attached hydrogens (tertiary/aromatic N) is 2. The molecule has 356 valence electrons. The lowest BCUT2D eigenvalue weighted by molar-refractivity contribution is -0.0515. The molecular weight excluding hydrogens is 761 g/mol. The molecule has 0 spiro atoms. The van der Waals surface area contributed by atoms with Crippen molar-refractivity contribution in [2.45, 2.75) is 283 Å². The van der Waals surface area contributed by atoms with Gasteiger partial charge in [0.25, 0.3) is 0 Å². The summed E-state index contributed by atoms with van der Waals surface area (Å²) in [7, 11) is 0. The van der Waals surface area contributed by atoms with E-state index in [1.165, 1.54) is 83.5 Å². The van der Waals surface area contributed by atoms with Gasteiger partial charge in [-0.05, 0) is 228 Å². The molecule has 0 aromatic rings. The molecule has 0 aliphatic heterocycles. The lowest BCUT2D eigenvalue weighted by Crippen LogP contribution is -2.57. The molecule has 0 bridgehead atoms. The van der Waals surface area contributed by atoms with Crippen molar-refractivity contribution in [2.75, 3.05) is 0 Å². The minimum Gasteiger partial charge on any atom is -0.294 e. The molecule has 0 radical (unpaired) electrons. The van der Waals surface area contributed by atoms with Crippen molar-refractivity contribution in [3.05, 3.63) is 0 Å². The van der Waals surface area contributed by atoms with Crippen LogP contribution in [0.3, 0.4) is 0 Å². The van der Waals surface area contributed by atoms with Crippen molar-refractivity contribution in [1.82, 2.24) is 9.80 Å². The van der Waals surface area contributed by atoms with Gasteiger partial charge in [0.15, 0.2) is 0 Å². The molecule has 0 heterocycles. The van der Waals surface area contributed by atoms with E-state index < -0.39 is 0 Å². The van der Waals surface area contributed by atoms with E-state index in [-0.39, 0.29) is 0 Å². The SMILES string of the molecule is CC1(C)C2CCCCC2C2CCC(N(C3CCC4C5CCCCC5C(C)(C)C4C3)C3CCC4C5CCC(N(C6CCCCC6)C6CCCC7CCCCC76)CC5C(C)(C)C4C3)CC21. The van der Waals surface area contributed by atoms with Gasteiger partial charge < -0.3 is 0 Å². The van der Waals surface area contributed by atoms with E-state index in [0.717, 1.165) is 119 Å². The Morgan fingerprint density at radius 3 is 1.08 bits per heavy atom. The summed E-state index contributed by atoms with van der Waals surface area (Å²) in [6.45, 7) is 16.9. The predicted molar refractivity (Wildman–Crippen MR) is 264 cm³/mol. The Hall–Kier alpha value is -0.0800. The molecule has 2 nitrogen and oxygen atoms in total. The summed E-state index contributed by atoms with van der Waals surface area (Å²) in [5, 5.41) is 0. The van der Waals surface area contributed by atoms with Crippen molar-refractivity contribution in [1.29, 1.82) is 0 Å². The van der Waals surface area contributed by atoms with E-state index >= 15 is 0 Å². The second kappa shape index (κ2) is 17.1. The zero-order valence-electron chi connectivity index (χ0n) is 42.6. The third-order valence-electron chi connectivity index (χ3n) is 26.1. The highest BCUT2D eigenvalue weighted by atomic mass is 15.2. The van der Waals surface area contributed by atoms with Crippen LogP contribution in [0.5, 0.6) is 0 Å². The Morgan fingerprint density at radius 2 is 0.603 bits per heavy atom. The van der Waals surface area contributed by atoms with E-state index in [0.29, 0.717) is 16.2 Å². The van der Waals surface area contributed by atoms with E-state index in [1.54, 1.807) is 122 Å². The molecule has 0 N–H and O–H groups in total. The maximum Gasteiger partial charge on any atom is 0.0132 e. The summed E-state index contributed by atoms with van der Waals surface area (Å²) >= 11 is 0. The Bertz CT molecular complexity index is 1530. The van der Waals surface area contributed by atoms with Gasteiger partial charge in [-0.15, -0.1) is 0 Å². The molecule has 0 amide bonds. The molecule has 12 rings (SSSR count). The van der Waals surface area contributed by atoms with Crippen LogP contribution in [-0.4, -0.2) is 46.1 Å². The van der Waals surface area contributed by atoms with Crippen LogP contribution < -0.4 is 0 Å². The van der Waals surface area contributed by atoms with Gasteiger partial charge in [-0.1, -0.05) is 119 Å². The normalized spacial score (nSPS) is 51.3. The Balaban J connectivity index is 0.819. The Labute approximate surface area is 390 Å². The molecule has 12 aliphatic carbocycles. The lowest BCUT2D eigenvalue weighted by atomic mass is 9.64. The molecule has 63 heavy (non-hydrogen) atoms. The highest BCUT2D eigenvalue weighted by molar-refractivity contribution is 5.13. The number of hydrogen-bond acceptors (Lipinski definition) is 2. The van der Waals surface area contributed by atoms with Crippen LogP contribution in [0.2, 0.25) is 0 Å². The van der Waals surface area contributed by atoms with Crippen LogP contribution in [0, 0.1) is 99.1 Å².